The lowest BCUT2D eigenvalue weighted by atomic mass is 9.97. The van der Waals surface area contributed by atoms with Crippen molar-refractivity contribution >= 4 is 16.9 Å². The lowest BCUT2D eigenvalue weighted by molar-refractivity contribution is 0.0691. The maximum atomic E-state index is 13.0. The van der Waals surface area contributed by atoms with Crippen molar-refractivity contribution in [1.82, 2.24) is 15.0 Å². The molecule has 1 aliphatic heterocycles. The van der Waals surface area contributed by atoms with E-state index in [0.717, 1.165) is 24.6 Å². The average Bonchev–Trinajstić information content (AvgIpc) is 3.15. The number of nitrogens with zero attached hydrogens (tertiary/aromatic N) is 3. The van der Waals surface area contributed by atoms with Crippen LogP contribution in [0.1, 0.15) is 54.7 Å². The first kappa shape index (κ1) is 18.4. The van der Waals surface area contributed by atoms with Crippen LogP contribution >= 0.6 is 0 Å². The number of aromatic nitrogens is 2. The Labute approximate surface area is 162 Å². The van der Waals surface area contributed by atoms with E-state index in [-0.39, 0.29) is 17.4 Å². The zero-order valence-corrected chi connectivity index (χ0v) is 16.1. The van der Waals surface area contributed by atoms with Gasteiger partial charge in [-0.15, -0.1) is 0 Å². The van der Waals surface area contributed by atoms with Crippen LogP contribution in [0.2, 0.25) is 0 Å². The summed E-state index contributed by atoms with van der Waals surface area (Å²) >= 11 is 0. The number of benzene rings is 1. The SMILES string of the molecule is CC(C)Cc1noc(C2CCCN(C(=O)c3cc4ccccc4oc3=O)C2)n1. The van der Waals surface area contributed by atoms with E-state index in [0.29, 0.717) is 36.3 Å². The van der Waals surface area contributed by atoms with Crippen molar-refractivity contribution in [1.29, 1.82) is 0 Å². The number of hydrogen-bond acceptors (Lipinski definition) is 6. The van der Waals surface area contributed by atoms with Gasteiger partial charge < -0.3 is 13.8 Å². The number of carbonyl (C=O) groups is 1. The molecule has 0 spiro atoms. The average molecular weight is 381 g/mol. The first-order valence-corrected chi connectivity index (χ1v) is 9.66. The highest BCUT2D eigenvalue weighted by molar-refractivity contribution is 5.96. The number of carbonyl (C=O) groups excluding carboxylic acids is 1. The highest BCUT2D eigenvalue weighted by Gasteiger charge is 2.30. The Morgan fingerprint density at radius 1 is 1.32 bits per heavy atom. The molecule has 1 aromatic carbocycles. The van der Waals surface area contributed by atoms with Crippen molar-refractivity contribution in [3.8, 4) is 0 Å². The molecular formula is C21H23N3O4. The fourth-order valence-electron chi connectivity index (χ4n) is 3.63. The smallest absolute Gasteiger partial charge is 0.349 e. The van der Waals surface area contributed by atoms with E-state index in [1.165, 1.54) is 0 Å². The van der Waals surface area contributed by atoms with Gasteiger partial charge in [0.1, 0.15) is 11.1 Å². The van der Waals surface area contributed by atoms with Crippen LogP contribution in [0.3, 0.4) is 0 Å². The maximum absolute atomic E-state index is 13.0. The number of rotatable bonds is 4. The van der Waals surface area contributed by atoms with Crippen LogP contribution in [0, 0.1) is 5.92 Å². The molecule has 0 N–H and O–H groups in total. The summed E-state index contributed by atoms with van der Waals surface area (Å²) in [6, 6.07) is 8.79. The van der Waals surface area contributed by atoms with E-state index < -0.39 is 5.63 Å². The molecule has 1 atom stereocenters. The molecule has 4 rings (SSSR count). The molecule has 1 amide bonds. The first-order valence-electron chi connectivity index (χ1n) is 9.66. The van der Waals surface area contributed by atoms with Crippen LogP contribution in [-0.4, -0.2) is 34.0 Å². The summed E-state index contributed by atoms with van der Waals surface area (Å²) in [5.41, 5.74) is -0.0719. The maximum Gasteiger partial charge on any atom is 0.349 e. The Balaban J connectivity index is 1.54. The molecule has 146 valence electrons. The fourth-order valence-corrected chi connectivity index (χ4v) is 3.63. The summed E-state index contributed by atoms with van der Waals surface area (Å²) in [4.78, 5) is 31.5. The van der Waals surface area contributed by atoms with Gasteiger partial charge in [0.25, 0.3) is 5.91 Å². The minimum atomic E-state index is -0.608. The zero-order valence-electron chi connectivity index (χ0n) is 16.1. The van der Waals surface area contributed by atoms with E-state index in [4.69, 9.17) is 8.94 Å². The number of para-hydroxylation sites is 1. The summed E-state index contributed by atoms with van der Waals surface area (Å²) < 4.78 is 10.8. The van der Waals surface area contributed by atoms with Gasteiger partial charge in [-0.2, -0.15) is 4.98 Å². The van der Waals surface area contributed by atoms with Crippen molar-refractivity contribution < 1.29 is 13.7 Å². The summed E-state index contributed by atoms with van der Waals surface area (Å²) in [5, 5.41) is 4.78. The third-order valence-corrected chi connectivity index (χ3v) is 5.00. The monoisotopic (exact) mass is 381 g/mol. The van der Waals surface area contributed by atoms with Crippen molar-refractivity contribution in [2.24, 2.45) is 5.92 Å². The molecule has 0 bridgehead atoms. The molecule has 7 nitrogen and oxygen atoms in total. The Morgan fingerprint density at radius 3 is 2.96 bits per heavy atom. The van der Waals surface area contributed by atoms with Gasteiger partial charge in [-0.25, -0.2) is 4.79 Å². The van der Waals surface area contributed by atoms with E-state index >= 15 is 0 Å². The molecule has 0 radical (unpaired) electrons. The van der Waals surface area contributed by atoms with Gasteiger partial charge in [-0.1, -0.05) is 37.2 Å². The first-order chi connectivity index (χ1) is 13.5. The van der Waals surface area contributed by atoms with E-state index in [1.54, 1.807) is 23.1 Å². The second kappa shape index (κ2) is 7.58. The molecule has 1 aliphatic rings. The van der Waals surface area contributed by atoms with Crippen LogP contribution in [0.25, 0.3) is 11.0 Å². The predicted molar refractivity (Wildman–Crippen MR) is 103 cm³/mol. The number of fused-ring (bicyclic) bond motifs is 1. The lowest BCUT2D eigenvalue weighted by Gasteiger charge is -2.30. The minimum Gasteiger partial charge on any atom is -0.422 e. The Bertz CT molecular complexity index is 1050. The molecule has 0 aliphatic carbocycles. The van der Waals surface area contributed by atoms with Crippen LogP contribution in [0.5, 0.6) is 0 Å². The van der Waals surface area contributed by atoms with Crippen molar-refractivity contribution in [2.45, 2.75) is 39.0 Å². The second-order valence-electron chi connectivity index (χ2n) is 7.72. The number of piperidine rings is 1. The van der Waals surface area contributed by atoms with Gasteiger partial charge in [-0.05, 0) is 30.9 Å². The summed E-state index contributed by atoms with van der Waals surface area (Å²) in [6.07, 6.45) is 2.45. The molecule has 2 aromatic heterocycles. The highest BCUT2D eigenvalue weighted by Crippen LogP contribution is 2.27. The van der Waals surface area contributed by atoms with Gasteiger partial charge in [0.2, 0.25) is 5.89 Å². The third kappa shape index (κ3) is 3.69. The summed E-state index contributed by atoms with van der Waals surface area (Å²) in [6.45, 7) is 5.25. The second-order valence-corrected chi connectivity index (χ2v) is 7.72. The Kier molecular flexibility index (Phi) is 4.98. The molecule has 1 unspecified atom stereocenters. The van der Waals surface area contributed by atoms with E-state index in [9.17, 15) is 9.59 Å². The van der Waals surface area contributed by atoms with Gasteiger partial charge >= 0.3 is 5.63 Å². The predicted octanol–water partition coefficient (Wildman–Crippen LogP) is 3.39. The zero-order chi connectivity index (χ0) is 19.7. The summed E-state index contributed by atoms with van der Waals surface area (Å²) in [7, 11) is 0. The van der Waals surface area contributed by atoms with Gasteiger partial charge in [0.05, 0.1) is 5.92 Å². The largest absolute Gasteiger partial charge is 0.422 e. The topological polar surface area (TPSA) is 89.4 Å². The van der Waals surface area contributed by atoms with Crippen molar-refractivity contribution in [2.75, 3.05) is 13.1 Å². The van der Waals surface area contributed by atoms with Crippen molar-refractivity contribution in [3.63, 3.8) is 0 Å². The van der Waals surface area contributed by atoms with Crippen LogP contribution < -0.4 is 5.63 Å². The molecule has 7 heteroatoms. The van der Waals surface area contributed by atoms with Gasteiger partial charge in [-0.3, -0.25) is 4.79 Å². The van der Waals surface area contributed by atoms with Crippen molar-refractivity contribution in [3.05, 3.63) is 58.0 Å². The minimum absolute atomic E-state index is 0.0152. The Morgan fingerprint density at radius 2 is 2.14 bits per heavy atom. The lowest BCUT2D eigenvalue weighted by Crippen LogP contribution is -2.40. The van der Waals surface area contributed by atoms with Crippen LogP contribution in [0.15, 0.2) is 44.1 Å². The molecule has 1 saturated heterocycles. The number of likely N-dealkylation sites (tertiary alicyclic amines) is 1. The standard InChI is InChI=1S/C21H23N3O4/c1-13(2)10-18-22-19(28-23-18)15-7-5-9-24(12-15)20(25)16-11-14-6-3-4-8-17(14)27-21(16)26/h3-4,6,8,11,13,15H,5,7,9-10,12H2,1-2H3. The molecule has 28 heavy (non-hydrogen) atoms. The molecule has 3 aromatic rings. The molecule has 1 fully saturated rings. The normalized spacial score (nSPS) is 17.4. The van der Waals surface area contributed by atoms with Crippen LogP contribution in [-0.2, 0) is 6.42 Å². The fraction of sp³-hybridized carbons (Fsp3) is 0.429. The van der Waals surface area contributed by atoms with Crippen LogP contribution in [0.4, 0.5) is 0 Å². The Hall–Kier alpha value is -2.96. The highest BCUT2D eigenvalue weighted by atomic mass is 16.5. The van der Waals surface area contributed by atoms with Gasteiger partial charge in [0.15, 0.2) is 5.82 Å². The molecule has 0 saturated carbocycles. The summed E-state index contributed by atoms with van der Waals surface area (Å²) in [5.74, 6) is 1.38. The third-order valence-electron chi connectivity index (χ3n) is 5.00. The molecule has 3 heterocycles. The number of amides is 1. The van der Waals surface area contributed by atoms with E-state index in [1.807, 2.05) is 12.1 Å². The van der Waals surface area contributed by atoms with Gasteiger partial charge in [0, 0.05) is 24.9 Å². The number of hydrogen-bond donors (Lipinski definition) is 0. The van der Waals surface area contributed by atoms with E-state index in [2.05, 4.69) is 24.0 Å². The molecular weight excluding hydrogens is 358 g/mol. The quantitative estimate of drug-likeness (QED) is 0.644.